The summed E-state index contributed by atoms with van der Waals surface area (Å²) in [6.45, 7) is 0. The zero-order valence-corrected chi connectivity index (χ0v) is 16.1. The van der Waals surface area contributed by atoms with Crippen LogP contribution >= 0.6 is 0 Å². The third-order valence-corrected chi connectivity index (χ3v) is 4.30. The first kappa shape index (κ1) is 20.4. The predicted molar refractivity (Wildman–Crippen MR) is 115 cm³/mol. The van der Waals surface area contributed by atoms with E-state index < -0.39 is 5.91 Å². The fourth-order valence-corrected chi connectivity index (χ4v) is 2.76. The van der Waals surface area contributed by atoms with Gasteiger partial charge in [-0.1, -0.05) is 18.2 Å². The highest BCUT2D eigenvalue weighted by Gasteiger charge is 2.16. The first-order chi connectivity index (χ1) is 14.5. The molecule has 0 saturated carbocycles. The van der Waals surface area contributed by atoms with Crippen molar-refractivity contribution in [2.45, 2.75) is 0 Å². The lowest BCUT2D eigenvalue weighted by Crippen LogP contribution is -2.17. The molecule has 152 valence electrons. The molecule has 0 radical (unpaired) electrons. The molecule has 3 aromatic rings. The number of nitrogens with two attached hydrogens (primary N) is 1. The number of carbonyl (C=O) groups is 2. The summed E-state index contributed by atoms with van der Waals surface area (Å²) < 4.78 is 5.09. The average Bonchev–Trinajstić information content (AvgIpc) is 2.76. The molecule has 0 saturated heterocycles. The Balaban J connectivity index is 1.81. The number of rotatable bonds is 6. The van der Waals surface area contributed by atoms with Crippen molar-refractivity contribution in [3.63, 3.8) is 0 Å². The molecule has 8 nitrogen and oxygen atoms in total. The number of nitrogens with zero attached hydrogens (tertiary/aromatic N) is 1. The van der Waals surface area contributed by atoms with Crippen LogP contribution in [0.15, 0.2) is 71.8 Å². The standard InChI is InChI=1S/C22H20N4O4/c1-30-16-11-9-14(10-12-16)21(28)25-18-7-2-3-8-19(18)26-22(29)17-6-4-5-15(13-24-23)20(17)27/h2-13,27H,23H2,1H3,(H,25,28)(H,26,29). The molecule has 0 aromatic heterocycles. The molecule has 2 amide bonds. The molecule has 0 aliphatic rings. The van der Waals surface area contributed by atoms with Gasteiger partial charge in [-0.3, -0.25) is 9.59 Å². The Kier molecular flexibility index (Phi) is 6.29. The van der Waals surface area contributed by atoms with E-state index in [9.17, 15) is 14.7 Å². The number of ether oxygens (including phenoxy) is 1. The molecule has 0 bridgehead atoms. The number of amides is 2. The van der Waals surface area contributed by atoms with E-state index in [1.54, 1.807) is 67.8 Å². The third-order valence-electron chi connectivity index (χ3n) is 4.30. The Morgan fingerprint density at radius 3 is 2.17 bits per heavy atom. The molecule has 0 aliphatic carbocycles. The largest absolute Gasteiger partial charge is 0.506 e. The maximum Gasteiger partial charge on any atom is 0.259 e. The summed E-state index contributed by atoms with van der Waals surface area (Å²) in [6.07, 6.45) is 1.25. The van der Waals surface area contributed by atoms with E-state index in [0.717, 1.165) is 0 Å². The maximum absolute atomic E-state index is 12.7. The fraction of sp³-hybridized carbons (Fsp3) is 0.0455. The van der Waals surface area contributed by atoms with Gasteiger partial charge in [0.1, 0.15) is 11.5 Å². The van der Waals surface area contributed by atoms with Crippen molar-refractivity contribution in [2.24, 2.45) is 10.9 Å². The van der Waals surface area contributed by atoms with Gasteiger partial charge in [-0.05, 0) is 48.5 Å². The zero-order valence-electron chi connectivity index (χ0n) is 16.1. The first-order valence-electron chi connectivity index (χ1n) is 8.94. The summed E-state index contributed by atoms with van der Waals surface area (Å²) in [5, 5.41) is 19.1. The zero-order chi connectivity index (χ0) is 21.5. The highest BCUT2D eigenvalue weighted by atomic mass is 16.5. The number of benzene rings is 3. The molecule has 0 spiro atoms. The molecule has 8 heteroatoms. The second-order valence-electron chi connectivity index (χ2n) is 6.20. The van der Waals surface area contributed by atoms with Crippen LogP contribution < -0.4 is 21.2 Å². The average molecular weight is 404 g/mol. The van der Waals surface area contributed by atoms with Crippen molar-refractivity contribution >= 4 is 29.4 Å². The number of methoxy groups -OCH3 is 1. The highest BCUT2D eigenvalue weighted by Crippen LogP contribution is 2.26. The summed E-state index contributed by atoms with van der Waals surface area (Å²) in [6, 6.07) is 18.0. The smallest absolute Gasteiger partial charge is 0.259 e. The van der Waals surface area contributed by atoms with Crippen LogP contribution in [0.5, 0.6) is 11.5 Å². The van der Waals surface area contributed by atoms with Gasteiger partial charge >= 0.3 is 0 Å². The lowest BCUT2D eigenvalue weighted by atomic mass is 10.1. The van der Waals surface area contributed by atoms with Crippen molar-refractivity contribution in [2.75, 3.05) is 17.7 Å². The van der Waals surface area contributed by atoms with Gasteiger partial charge in [0.2, 0.25) is 0 Å². The topological polar surface area (TPSA) is 126 Å². The Hall–Kier alpha value is -4.33. The van der Waals surface area contributed by atoms with Crippen LogP contribution in [0.3, 0.4) is 0 Å². The van der Waals surface area contributed by atoms with Crippen LogP contribution in [-0.2, 0) is 0 Å². The van der Waals surface area contributed by atoms with Crippen LogP contribution in [0.25, 0.3) is 0 Å². The van der Waals surface area contributed by atoms with Gasteiger partial charge in [-0.15, -0.1) is 0 Å². The number of phenols is 1. The SMILES string of the molecule is COc1ccc(C(=O)Nc2ccccc2NC(=O)c2cccc(C=NN)c2O)cc1. The monoisotopic (exact) mass is 404 g/mol. The number of hydrogen-bond donors (Lipinski definition) is 4. The van der Waals surface area contributed by atoms with Gasteiger partial charge in [-0.25, -0.2) is 0 Å². The van der Waals surface area contributed by atoms with Crippen molar-refractivity contribution in [3.8, 4) is 11.5 Å². The normalized spacial score (nSPS) is 10.6. The number of anilines is 2. The molecular weight excluding hydrogens is 384 g/mol. The lowest BCUT2D eigenvalue weighted by Gasteiger charge is -2.13. The number of para-hydroxylation sites is 3. The summed E-state index contributed by atoms with van der Waals surface area (Å²) in [4.78, 5) is 25.3. The minimum absolute atomic E-state index is 0.0451. The quantitative estimate of drug-likeness (QED) is 0.285. The van der Waals surface area contributed by atoms with Crippen molar-refractivity contribution in [1.82, 2.24) is 0 Å². The minimum atomic E-state index is -0.550. The molecule has 3 rings (SSSR count). The summed E-state index contributed by atoms with van der Waals surface area (Å²) in [5.41, 5.74) is 1.57. The summed E-state index contributed by atoms with van der Waals surface area (Å²) in [5.74, 6) is 4.62. The summed E-state index contributed by atoms with van der Waals surface area (Å²) >= 11 is 0. The van der Waals surface area contributed by atoms with Gasteiger partial charge in [0, 0.05) is 11.1 Å². The molecular formula is C22H20N4O4. The first-order valence-corrected chi connectivity index (χ1v) is 8.94. The minimum Gasteiger partial charge on any atom is -0.506 e. The van der Waals surface area contributed by atoms with Crippen LogP contribution in [0.1, 0.15) is 26.3 Å². The van der Waals surface area contributed by atoms with Crippen LogP contribution in [0.4, 0.5) is 11.4 Å². The fourth-order valence-electron chi connectivity index (χ4n) is 2.76. The molecule has 0 fully saturated rings. The number of hydrogen-bond acceptors (Lipinski definition) is 6. The molecule has 30 heavy (non-hydrogen) atoms. The van der Waals surface area contributed by atoms with E-state index in [1.165, 1.54) is 12.3 Å². The number of carbonyl (C=O) groups excluding carboxylic acids is 2. The molecule has 0 atom stereocenters. The number of hydrazone groups is 1. The molecule has 5 N–H and O–H groups in total. The van der Waals surface area contributed by atoms with Gasteiger partial charge < -0.3 is 26.3 Å². The van der Waals surface area contributed by atoms with Gasteiger partial charge in [-0.2, -0.15) is 5.10 Å². The van der Waals surface area contributed by atoms with E-state index in [1.807, 2.05) is 0 Å². The van der Waals surface area contributed by atoms with E-state index >= 15 is 0 Å². The highest BCUT2D eigenvalue weighted by molar-refractivity contribution is 6.11. The second-order valence-corrected chi connectivity index (χ2v) is 6.20. The number of phenolic OH excluding ortho intramolecular Hbond substituents is 1. The number of nitrogens with one attached hydrogen (secondary N) is 2. The Bertz CT molecular complexity index is 1090. The van der Waals surface area contributed by atoms with Crippen LogP contribution in [-0.4, -0.2) is 30.2 Å². The molecule has 0 aliphatic heterocycles. The lowest BCUT2D eigenvalue weighted by molar-refractivity contribution is 0.101. The maximum atomic E-state index is 12.7. The molecule has 0 unspecified atom stereocenters. The van der Waals surface area contributed by atoms with Crippen molar-refractivity contribution < 1.29 is 19.4 Å². The second kappa shape index (κ2) is 9.24. The Labute approximate surface area is 173 Å². The van der Waals surface area contributed by atoms with E-state index in [4.69, 9.17) is 10.6 Å². The van der Waals surface area contributed by atoms with Gasteiger partial charge in [0.05, 0.1) is 30.3 Å². The molecule has 3 aromatic carbocycles. The van der Waals surface area contributed by atoms with Crippen molar-refractivity contribution in [3.05, 3.63) is 83.4 Å². The van der Waals surface area contributed by atoms with E-state index in [-0.39, 0.29) is 17.2 Å². The van der Waals surface area contributed by atoms with Gasteiger partial charge in [0.25, 0.3) is 11.8 Å². The van der Waals surface area contributed by atoms with Gasteiger partial charge in [0.15, 0.2) is 0 Å². The predicted octanol–water partition coefficient (Wildman–Crippen LogP) is 3.20. The van der Waals surface area contributed by atoms with Crippen LogP contribution in [0, 0.1) is 0 Å². The Morgan fingerprint density at radius 1 is 0.933 bits per heavy atom. The van der Waals surface area contributed by atoms with Crippen LogP contribution in [0.2, 0.25) is 0 Å². The van der Waals surface area contributed by atoms with E-state index in [0.29, 0.717) is 28.3 Å². The molecule has 0 heterocycles. The third kappa shape index (κ3) is 4.56. The summed E-state index contributed by atoms with van der Waals surface area (Å²) in [7, 11) is 1.55. The Morgan fingerprint density at radius 2 is 1.57 bits per heavy atom. The van der Waals surface area contributed by atoms with Crippen molar-refractivity contribution in [1.29, 1.82) is 0 Å². The number of aromatic hydroxyl groups is 1. The van der Waals surface area contributed by atoms with E-state index in [2.05, 4.69) is 15.7 Å².